The highest BCUT2D eigenvalue weighted by molar-refractivity contribution is 6.23. The van der Waals surface area contributed by atoms with Crippen molar-refractivity contribution in [1.29, 1.82) is 0 Å². The summed E-state index contributed by atoms with van der Waals surface area (Å²) >= 11 is 0. The number of aromatic nitrogens is 1. The Kier molecular flexibility index (Phi) is 2.65. The summed E-state index contributed by atoms with van der Waals surface area (Å²) in [5.41, 5.74) is 5.41. The van der Waals surface area contributed by atoms with Crippen LogP contribution in [0.3, 0.4) is 0 Å². The van der Waals surface area contributed by atoms with Crippen molar-refractivity contribution in [3.8, 4) is 5.69 Å². The SMILES string of the molecule is Cc1cccc(F)c1-n1c(N)c2c(cc1=O)C(=O)NC2=O. The van der Waals surface area contributed by atoms with E-state index in [-0.39, 0.29) is 22.6 Å². The maximum Gasteiger partial charge on any atom is 0.262 e. The van der Waals surface area contributed by atoms with Crippen LogP contribution in [-0.2, 0) is 0 Å². The Bertz CT molecular complexity index is 850. The van der Waals surface area contributed by atoms with Crippen molar-refractivity contribution in [2.75, 3.05) is 5.73 Å². The number of para-hydroxylation sites is 1. The number of anilines is 1. The monoisotopic (exact) mass is 287 g/mol. The molecule has 106 valence electrons. The zero-order valence-electron chi connectivity index (χ0n) is 10.9. The highest BCUT2D eigenvalue weighted by Gasteiger charge is 2.32. The van der Waals surface area contributed by atoms with E-state index < -0.39 is 23.2 Å². The lowest BCUT2D eigenvalue weighted by atomic mass is 10.1. The fourth-order valence-corrected chi connectivity index (χ4v) is 2.42. The van der Waals surface area contributed by atoms with Crippen LogP contribution in [0.1, 0.15) is 26.3 Å². The summed E-state index contributed by atoms with van der Waals surface area (Å²) in [5.74, 6) is -2.28. The molecule has 1 aliphatic heterocycles. The molecule has 0 atom stereocenters. The van der Waals surface area contributed by atoms with E-state index in [4.69, 9.17) is 5.73 Å². The van der Waals surface area contributed by atoms with E-state index in [0.29, 0.717) is 5.56 Å². The van der Waals surface area contributed by atoms with Gasteiger partial charge in [0.15, 0.2) is 0 Å². The fourth-order valence-electron chi connectivity index (χ4n) is 2.42. The van der Waals surface area contributed by atoms with Gasteiger partial charge in [-0.05, 0) is 18.6 Å². The molecule has 0 aliphatic carbocycles. The van der Waals surface area contributed by atoms with Crippen LogP contribution in [0.4, 0.5) is 10.2 Å². The van der Waals surface area contributed by atoms with Gasteiger partial charge >= 0.3 is 0 Å². The molecule has 3 rings (SSSR count). The van der Waals surface area contributed by atoms with Gasteiger partial charge in [-0.15, -0.1) is 0 Å². The second-order valence-corrected chi connectivity index (χ2v) is 4.68. The minimum Gasteiger partial charge on any atom is -0.384 e. The Labute approximate surface area is 118 Å². The molecule has 2 amide bonds. The number of hydrogen-bond acceptors (Lipinski definition) is 4. The van der Waals surface area contributed by atoms with E-state index in [1.165, 1.54) is 12.1 Å². The van der Waals surface area contributed by atoms with Crippen LogP contribution < -0.4 is 16.6 Å². The summed E-state index contributed by atoms with van der Waals surface area (Å²) in [6.45, 7) is 1.61. The summed E-state index contributed by atoms with van der Waals surface area (Å²) in [6.07, 6.45) is 0. The molecule has 21 heavy (non-hydrogen) atoms. The number of fused-ring (bicyclic) bond motifs is 1. The summed E-state index contributed by atoms with van der Waals surface area (Å²) in [6, 6.07) is 5.28. The minimum atomic E-state index is -0.699. The van der Waals surface area contributed by atoms with E-state index in [1.807, 2.05) is 0 Å². The highest BCUT2D eigenvalue weighted by Crippen LogP contribution is 2.25. The number of rotatable bonds is 1. The third kappa shape index (κ3) is 1.74. The zero-order chi connectivity index (χ0) is 15.3. The summed E-state index contributed by atoms with van der Waals surface area (Å²) in [7, 11) is 0. The molecule has 6 nitrogen and oxygen atoms in total. The zero-order valence-corrected chi connectivity index (χ0v) is 10.9. The number of aryl methyl sites for hydroxylation is 1. The van der Waals surface area contributed by atoms with Gasteiger partial charge in [0.05, 0.1) is 16.8 Å². The first-order valence-corrected chi connectivity index (χ1v) is 6.08. The van der Waals surface area contributed by atoms with Gasteiger partial charge < -0.3 is 5.73 Å². The Morgan fingerprint density at radius 3 is 2.57 bits per heavy atom. The predicted octanol–water partition coefficient (Wildman–Crippen LogP) is 0.751. The molecular weight excluding hydrogens is 277 g/mol. The predicted molar refractivity (Wildman–Crippen MR) is 72.9 cm³/mol. The van der Waals surface area contributed by atoms with Crippen LogP contribution >= 0.6 is 0 Å². The van der Waals surface area contributed by atoms with Crippen LogP contribution in [0.5, 0.6) is 0 Å². The number of benzene rings is 1. The van der Waals surface area contributed by atoms with Gasteiger partial charge in [0.25, 0.3) is 17.4 Å². The Morgan fingerprint density at radius 2 is 1.90 bits per heavy atom. The van der Waals surface area contributed by atoms with E-state index in [0.717, 1.165) is 10.6 Å². The molecule has 0 bridgehead atoms. The number of nitrogens with one attached hydrogen (secondary N) is 1. The van der Waals surface area contributed by atoms with E-state index in [1.54, 1.807) is 13.0 Å². The number of nitrogens with two attached hydrogens (primary N) is 1. The smallest absolute Gasteiger partial charge is 0.262 e. The van der Waals surface area contributed by atoms with Crippen LogP contribution in [0.15, 0.2) is 29.1 Å². The van der Waals surface area contributed by atoms with Crippen molar-refractivity contribution in [3.63, 3.8) is 0 Å². The number of pyridine rings is 1. The quantitative estimate of drug-likeness (QED) is 0.757. The topological polar surface area (TPSA) is 94.2 Å². The van der Waals surface area contributed by atoms with Crippen LogP contribution in [0.2, 0.25) is 0 Å². The molecule has 3 N–H and O–H groups in total. The summed E-state index contributed by atoms with van der Waals surface area (Å²) < 4.78 is 14.9. The lowest BCUT2D eigenvalue weighted by molar-refractivity contribution is 0.0880. The van der Waals surface area contributed by atoms with E-state index in [2.05, 4.69) is 5.32 Å². The summed E-state index contributed by atoms with van der Waals surface area (Å²) in [5, 5.41) is 2.05. The standard InChI is InChI=1S/C14H10FN3O3/c1-6-3-2-4-8(15)11(6)18-9(19)5-7-10(12(18)16)14(21)17-13(7)20/h2-5H,16H2,1H3,(H,17,20,21). The van der Waals surface area contributed by atoms with Gasteiger partial charge in [-0.3, -0.25) is 24.3 Å². The molecule has 2 aromatic rings. The van der Waals surface area contributed by atoms with Gasteiger partial charge in [0.2, 0.25) is 0 Å². The van der Waals surface area contributed by atoms with Gasteiger partial charge in [-0.25, -0.2) is 4.39 Å². The molecule has 0 saturated carbocycles. The van der Waals surface area contributed by atoms with Crippen molar-refractivity contribution in [3.05, 3.63) is 57.1 Å². The molecule has 2 heterocycles. The van der Waals surface area contributed by atoms with Gasteiger partial charge in [-0.2, -0.15) is 0 Å². The molecule has 7 heteroatoms. The van der Waals surface area contributed by atoms with Crippen molar-refractivity contribution in [2.45, 2.75) is 6.92 Å². The Balaban J connectivity index is 2.42. The molecule has 0 saturated heterocycles. The maximum atomic E-state index is 14.0. The molecule has 0 spiro atoms. The van der Waals surface area contributed by atoms with Gasteiger partial charge in [-0.1, -0.05) is 12.1 Å². The number of nitrogen functional groups attached to an aromatic ring is 1. The van der Waals surface area contributed by atoms with E-state index >= 15 is 0 Å². The second-order valence-electron chi connectivity index (χ2n) is 4.68. The first-order valence-electron chi connectivity index (χ1n) is 6.08. The molecule has 0 fully saturated rings. The van der Waals surface area contributed by atoms with Crippen molar-refractivity contribution in [2.24, 2.45) is 0 Å². The number of imide groups is 1. The van der Waals surface area contributed by atoms with Crippen molar-refractivity contribution in [1.82, 2.24) is 9.88 Å². The number of amides is 2. The number of carbonyl (C=O) groups is 2. The normalized spacial score (nSPS) is 13.2. The van der Waals surface area contributed by atoms with Crippen molar-refractivity contribution < 1.29 is 14.0 Å². The highest BCUT2D eigenvalue weighted by atomic mass is 19.1. The first-order chi connectivity index (χ1) is 9.91. The van der Waals surface area contributed by atoms with Crippen LogP contribution in [0.25, 0.3) is 5.69 Å². The molecule has 1 aromatic heterocycles. The van der Waals surface area contributed by atoms with Crippen LogP contribution in [0, 0.1) is 12.7 Å². The lowest BCUT2D eigenvalue weighted by Gasteiger charge is -2.14. The van der Waals surface area contributed by atoms with Gasteiger partial charge in [0.1, 0.15) is 11.6 Å². The lowest BCUT2D eigenvalue weighted by Crippen LogP contribution is -2.25. The summed E-state index contributed by atoms with van der Waals surface area (Å²) in [4.78, 5) is 35.5. The number of carbonyl (C=O) groups excluding carboxylic acids is 2. The third-order valence-electron chi connectivity index (χ3n) is 3.37. The molecular formula is C14H10FN3O3. The van der Waals surface area contributed by atoms with Crippen molar-refractivity contribution >= 4 is 17.6 Å². The van der Waals surface area contributed by atoms with Crippen LogP contribution in [-0.4, -0.2) is 16.4 Å². The molecule has 0 unspecified atom stereocenters. The average molecular weight is 287 g/mol. The number of hydrogen-bond donors (Lipinski definition) is 2. The maximum absolute atomic E-state index is 14.0. The number of nitrogens with zero attached hydrogens (tertiary/aromatic N) is 1. The third-order valence-corrected chi connectivity index (χ3v) is 3.37. The second kappa shape index (κ2) is 4.27. The number of halogens is 1. The van der Waals surface area contributed by atoms with E-state index in [9.17, 15) is 18.8 Å². The average Bonchev–Trinajstić information content (AvgIpc) is 2.68. The first kappa shape index (κ1) is 13.0. The Hall–Kier alpha value is -2.96. The van der Waals surface area contributed by atoms with Gasteiger partial charge in [0, 0.05) is 6.07 Å². The largest absolute Gasteiger partial charge is 0.384 e. The molecule has 1 aromatic carbocycles. The fraction of sp³-hybridized carbons (Fsp3) is 0.0714. The Morgan fingerprint density at radius 1 is 1.19 bits per heavy atom. The molecule has 1 aliphatic rings. The minimum absolute atomic E-state index is 0.0325. The molecule has 0 radical (unpaired) electrons.